The SMILES string of the molecule is C=C(C)C1CCC2(C)CC1O2. The molecule has 0 amide bonds. The molecule has 3 rings (SSSR count). The fourth-order valence-corrected chi connectivity index (χ4v) is 2.38. The lowest BCUT2D eigenvalue weighted by Gasteiger charge is -2.54. The minimum atomic E-state index is 0.247. The first-order valence-electron chi connectivity index (χ1n) is 4.44. The molecular weight excluding hydrogens is 136 g/mol. The van der Waals surface area contributed by atoms with Gasteiger partial charge < -0.3 is 4.74 Å². The molecule has 1 aliphatic carbocycles. The van der Waals surface area contributed by atoms with Crippen LogP contribution in [0.2, 0.25) is 0 Å². The Labute approximate surface area is 68.4 Å². The lowest BCUT2D eigenvalue weighted by Crippen LogP contribution is -2.56. The maximum Gasteiger partial charge on any atom is 0.0683 e. The predicted molar refractivity (Wildman–Crippen MR) is 45.4 cm³/mol. The van der Waals surface area contributed by atoms with E-state index in [2.05, 4.69) is 20.4 Å². The van der Waals surface area contributed by atoms with Crippen LogP contribution in [0, 0.1) is 5.92 Å². The van der Waals surface area contributed by atoms with E-state index in [0.717, 1.165) is 0 Å². The van der Waals surface area contributed by atoms with Crippen LogP contribution in [0.25, 0.3) is 0 Å². The van der Waals surface area contributed by atoms with Crippen LogP contribution in [0.3, 0.4) is 0 Å². The Kier molecular flexibility index (Phi) is 1.40. The van der Waals surface area contributed by atoms with E-state index >= 15 is 0 Å². The van der Waals surface area contributed by atoms with Crippen LogP contribution in [0.1, 0.15) is 33.1 Å². The quantitative estimate of drug-likeness (QED) is 0.525. The molecule has 0 aromatic heterocycles. The van der Waals surface area contributed by atoms with Crippen LogP contribution in [-0.2, 0) is 4.74 Å². The van der Waals surface area contributed by atoms with Crippen molar-refractivity contribution in [3.05, 3.63) is 12.2 Å². The molecule has 2 bridgehead atoms. The molecule has 1 saturated carbocycles. The van der Waals surface area contributed by atoms with Crippen molar-refractivity contribution in [1.82, 2.24) is 0 Å². The minimum Gasteiger partial charge on any atom is -0.371 e. The van der Waals surface area contributed by atoms with Gasteiger partial charge in [0.15, 0.2) is 0 Å². The van der Waals surface area contributed by atoms with Gasteiger partial charge in [0.05, 0.1) is 11.7 Å². The number of hydrogen-bond donors (Lipinski definition) is 0. The summed E-state index contributed by atoms with van der Waals surface area (Å²) in [6, 6.07) is 0. The van der Waals surface area contributed by atoms with E-state index in [0.29, 0.717) is 12.0 Å². The van der Waals surface area contributed by atoms with Gasteiger partial charge in [-0.25, -0.2) is 0 Å². The Morgan fingerprint density at radius 2 is 2.27 bits per heavy atom. The van der Waals surface area contributed by atoms with E-state index in [9.17, 15) is 0 Å². The van der Waals surface area contributed by atoms with Gasteiger partial charge in [-0.05, 0) is 26.7 Å². The first kappa shape index (κ1) is 7.35. The highest BCUT2D eigenvalue weighted by atomic mass is 16.5. The van der Waals surface area contributed by atoms with Gasteiger partial charge in [0.25, 0.3) is 0 Å². The molecule has 0 aromatic carbocycles. The average molecular weight is 152 g/mol. The standard InChI is InChI=1S/C10H16O/c1-7(2)8-4-5-10(3)6-9(8)11-10/h8-9H,1,4-6H2,2-3H3. The number of ether oxygens (including phenoxy) is 1. The van der Waals surface area contributed by atoms with Gasteiger partial charge in [-0.15, -0.1) is 0 Å². The van der Waals surface area contributed by atoms with E-state index < -0.39 is 0 Å². The molecule has 3 aliphatic rings. The smallest absolute Gasteiger partial charge is 0.0683 e. The van der Waals surface area contributed by atoms with Gasteiger partial charge in [-0.2, -0.15) is 0 Å². The van der Waals surface area contributed by atoms with Gasteiger partial charge in [-0.3, -0.25) is 0 Å². The van der Waals surface area contributed by atoms with Crippen molar-refractivity contribution in [3.8, 4) is 0 Å². The van der Waals surface area contributed by atoms with Crippen LogP contribution in [0.5, 0.6) is 0 Å². The summed E-state index contributed by atoms with van der Waals surface area (Å²) in [5, 5.41) is 0. The maximum atomic E-state index is 5.78. The Morgan fingerprint density at radius 3 is 2.64 bits per heavy atom. The first-order valence-corrected chi connectivity index (χ1v) is 4.44. The molecule has 11 heavy (non-hydrogen) atoms. The van der Waals surface area contributed by atoms with Crippen LogP contribution in [0.4, 0.5) is 0 Å². The lowest BCUT2D eigenvalue weighted by molar-refractivity contribution is -0.242. The summed E-state index contributed by atoms with van der Waals surface area (Å²) in [5.41, 5.74) is 1.55. The van der Waals surface area contributed by atoms with Crippen LogP contribution >= 0.6 is 0 Å². The highest BCUT2D eigenvalue weighted by Crippen LogP contribution is 2.48. The van der Waals surface area contributed by atoms with E-state index in [1.54, 1.807) is 0 Å². The van der Waals surface area contributed by atoms with E-state index in [1.807, 2.05) is 0 Å². The van der Waals surface area contributed by atoms with Crippen molar-refractivity contribution in [2.24, 2.45) is 5.92 Å². The molecule has 2 heterocycles. The molecule has 1 nitrogen and oxygen atoms in total. The van der Waals surface area contributed by atoms with Crippen molar-refractivity contribution >= 4 is 0 Å². The summed E-state index contributed by atoms with van der Waals surface area (Å²) < 4.78 is 5.78. The third-order valence-electron chi connectivity index (χ3n) is 3.13. The van der Waals surface area contributed by atoms with Crippen LogP contribution in [-0.4, -0.2) is 11.7 Å². The Bertz CT molecular complexity index is 184. The number of rotatable bonds is 1. The van der Waals surface area contributed by atoms with E-state index in [1.165, 1.54) is 24.8 Å². The lowest BCUT2D eigenvalue weighted by atomic mass is 9.70. The highest BCUT2D eigenvalue weighted by Gasteiger charge is 2.49. The second-order valence-electron chi connectivity index (χ2n) is 4.30. The van der Waals surface area contributed by atoms with Crippen molar-refractivity contribution in [1.29, 1.82) is 0 Å². The largest absolute Gasteiger partial charge is 0.371 e. The molecule has 2 saturated heterocycles. The molecule has 62 valence electrons. The third-order valence-corrected chi connectivity index (χ3v) is 3.13. The van der Waals surface area contributed by atoms with Gasteiger partial charge in [-0.1, -0.05) is 12.2 Å². The summed E-state index contributed by atoms with van der Waals surface area (Å²) in [6.07, 6.45) is 4.27. The second-order valence-corrected chi connectivity index (χ2v) is 4.30. The molecular formula is C10H16O. The molecule has 3 atom stereocenters. The van der Waals surface area contributed by atoms with E-state index in [-0.39, 0.29) is 5.60 Å². The Hall–Kier alpha value is -0.300. The average Bonchev–Trinajstić information content (AvgIpc) is 1.85. The van der Waals surface area contributed by atoms with Crippen molar-refractivity contribution in [3.63, 3.8) is 0 Å². The molecule has 1 heteroatoms. The van der Waals surface area contributed by atoms with Gasteiger partial charge >= 0.3 is 0 Å². The maximum absolute atomic E-state index is 5.78. The number of hydrogen-bond acceptors (Lipinski definition) is 1. The molecule has 0 spiro atoms. The van der Waals surface area contributed by atoms with Crippen molar-refractivity contribution in [2.75, 3.05) is 0 Å². The topological polar surface area (TPSA) is 9.23 Å². The van der Waals surface area contributed by atoms with E-state index in [4.69, 9.17) is 4.74 Å². The predicted octanol–water partition coefficient (Wildman–Crippen LogP) is 2.52. The zero-order chi connectivity index (χ0) is 8.06. The molecule has 0 radical (unpaired) electrons. The van der Waals surface area contributed by atoms with Gasteiger partial charge in [0.1, 0.15) is 0 Å². The summed E-state index contributed by atoms with van der Waals surface area (Å²) in [5.74, 6) is 0.650. The highest BCUT2D eigenvalue weighted by molar-refractivity contribution is 5.09. The fraction of sp³-hybridized carbons (Fsp3) is 0.800. The van der Waals surface area contributed by atoms with Crippen molar-refractivity contribution in [2.45, 2.75) is 44.8 Å². The molecule has 3 unspecified atom stereocenters. The summed E-state index contributed by atoms with van der Waals surface area (Å²) in [7, 11) is 0. The monoisotopic (exact) mass is 152 g/mol. The summed E-state index contributed by atoms with van der Waals surface area (Å²) >= 11 is 0. The van der Waals surface area contributed by atoms with Crippen LogP contribution in [0.15, 0.2) is 12.2 Å². The van der Waals surface area contributed by atoms with Crippen molar-refractivity contribution < 1.29 is 4.74 Å². The Morgan fingerprint density at radius 1 is 1.64 bits per heavy atom. The van der Waals surface area contributed by atoms with Gasteiger partial charge in [0, 0.05) is 12.3 Å². The molecule has 2 aliphatic heterocycles. The molecule has 0 aromatic rings. The zero-order valence-electron chi connectivity index (χ0n) is 7.39. The first-order chi connectivity index (χ1) is 5.11. The third kappa shape index (κ3) is 1.02. The fourth-order valence-electron chi connectivity index (χ4n) is 2.38. The molecule has 0 N–H and O–H groups in total. The van der Waals surface area contributed by atoms with Crippen LogP contribution < -0.4 is 0 Å². The molecule has 3 fully saturated rings. The summed E-state index contributed by atoms with van der Waals surface area (Å²) in [4.78, 5) is 0. The zero-order valence-corrected chi connectivity index (χ0v) is 7.39. The van der Waals surface area contributed by atoms with Gasteiger partial charge in [0.2, 0.25) is 0 Å². The normalized spacial score (nSPS) is 48.2. The minimum absolute atomic E-state index is 0.247. The summed E-state index contributed by atoms with van der Waals surface area (Å²) in [6.45, 7) is 8.34. The Balaban J connectivity index is 2.04. The number of fused-ring (bicyclic) bond motifs is 2. The second kappa shape index (κ2) is 2.10.